The van der Waals surface area contributed by atoms with Crippen LogP contribution in [-0.2, 0) is 16.8 Å². The van der Waals surface area contributed by atoms with Crippen LogP contribution in [0.5, 0.6) is 0 Å². The van der Waals surface area contributed by atoms with Gasteiger partial charge in [0.2, 0.25) is 0 Å². The molecule has 2 rings (SSSR count). The molecule has 120 valence electrons. The van der Waals surface area contributed by atoms with E-state index in [2.05, 4.69) is 14.3 Å². The standard InChI is InChI=1S/C10H17N5O4S.H2O/c1-2-8-12-10(14-6-4-3-5-7-14)13-9(11)15(8)19-20(16,17)18;/h11H,2-7H2,1H3,(H,16,17,18);1H2. The van der Waals surface area contributed by atoms with Crippen LogP contribution in [0.4, 0.5) is 11.9 Å². The number of nitrogens with zero attached hydrogens (tertiary/aromatic N) is 4. The van der Waals surface area contributed by atoms with Crippen LogP contribution in [0.1, 0.15) is 32.0 Å². The van der Waals surface area contributed by atoms with Crippen molar-refractivity contribution in [3.63, 3.8) is 0 Å². The lowest BCUT2D eigenvalue weighted by Crippen LogP contribution is -2.52. The Morgan fingerprint density at radius 3 is 2.48 bits per heavy atom. The predicted octanol–water partition coefficient (Wildman–Crippen LogP) is -1.05. The summed E-state index contributed by atoms with van der Waals surface area (Å²) in [5.41, 5.74) is 5.70. The number of hydrogen-bond acceptors (Lipinski definition) is 8. The Bertz CT molecular complexity index is 588. The van der Waals surface area contributed by atoms with E-state index in [9.17, 15) is 8.42 Å². The monoisotopic (exact) mass is 321 g/mol. The second-order valence-electron chi connectivity index (χ2n) is 4.50. The third-order valence-electron chi connectivity index (χ3n) is 3.01. The van der Waals surface area contributed by atoms with Gasteiger partial charge in [0.1, 0.15) is 0 Å². The van der Waals surface area contributed by atoms with Crippen LogP contribution in [0, 0.1) is 0 Å². The maximum atomic E-state index is 10.8. The molecule has 11 heteroatoms. The molecule has 0 amide bonds. The van der Waals surface area contributed by atoms with Crippen LogP contribution in [0.15, 0.2) is 0 Å². The number of aryl methyl sites for hydroxylation is 1. The van der Waals surface area contributed by atoms with E-state index in [1.54, 1.807) is 6.92 Å². The molecule has 0 unspecified atom stereocenters. The van der Waals surface area contributed by atoms with Crippen molar-refractivity contribution in [3.8, 4) is 0 Å². The van der Waals surface area contributed by atoms with Crippen LogP contribution in [0.2, 0.25) is 0 Å². The lowest BCUT2D eigenvalue weighted by molar-refractivity contribution is -0.854. The number of nitrogen functional groups attached to an aromatic ring is 1. The molecule has 1 fully saturated rings. The summed E-state index contributed by atoms with van der Waals surface area (Å²) >= 11 is 0. The molecule has 1 aliphatic heterocycles. The quantitative estimate of drug-likeness (QED) is 0.522. The van der Waals surface area contributed by atoms with E-state index in [1.165, 1.54) is 6.42 Å². The van der Waals surface area contributed by atoms with Gasteiger partial charge in [0.05, 0.1) is 0 Å². The molecule has 4 N–H and O–H groups in total. The van der Waals surface area contributed by atoms with E-state index >= 15 is 0 Å². The minimum Gasteiger partial charge on any atom is -0.870 e. The van der Waals surface area contributed by atoms with Gasteiger partial charge >= 0.3 is 22.3 Å². The molecule has 1 aromatic heterocycles. The largest absolute Gasteiger partial charge is 0.870 e. The van der Waals surface area contributed by atoms with Gasteiger partial charge in [0.15, 0.2) is 0 Å². The third-order valence-corrected chi connectivity index (χ3v) is 3.35. The zero-order valence-electron chi connectivity index (χ0n) is 11.6. The SMILES string of the molecule is CCc1nc(N2CCCCC2)nc(N)[n+]1OS(=O)(=O)O.[OH-]. The Hall–Kier alpha value is -1.72. The Kier molecular flexibility index (Phi) is 5.63. The van der Waals surface area contributed by atoms with Crippen LogP contribution in [0.25, 0.3) is 0 Å². The zero-order valence-corrected chi connectivity index (χ0v) is 12.5. The average Bonchev–Trinajstić information content (AvgIpc) is 2.40. The van der Waals surface area contributed by atoms with Crippen LogP contribution < -0.4 is 19.6 Å². The Morgan fingerprint density at radius 2 is 1.95 bits per heavy atom. The molecule has 0 spiro atoms. The molecule has 1 aliphatic rings. The number of hydrogen-bond donors (Lipinski definition) is 2. The Labute approximate surface area is 122 Å². The highest BCUT2D eigenvalue weighted by Gasteiger charge is 2.26. The fraction of sp³-hybridized carbons (Fsp3) is 0.700. The molecule has 21 heavy (non-hydrogen) atoms. The second kappa shape index (κ2) is 6.83. The fourth-order valence-corrected chi connectivity index (χ4v) is 2.45. The first-order chi connectivity index (χ1) is 9.40. The van der Waals surface area contributed by atoms with Crippen LogP contribution in [0.3, 0.4) is 0 Å². The summed E-state index contributed by atoms with van der Waals surface area (Å²) in [6, 6.07) is 0. The van der Waals surface area contributed by atoms with Gasteiger partial charge in [-0.15, -0.1) is 0 Å². The van der Waals surface area contributed by atoms with Crippen molar-refractivity contribution in [2.24, 2.45) is 0 Å². The van der Waals surface area contributed by atoms with Crippen molar-refractivity contribution in [1.29, 1.82) is 0 Å². The number of aromatic nitrogens is 3. The average molecular weight is 321 g/mol. The summed E-state index contributed by atoms with van der Waals surface area (Å²) in [6.07, 6.45) is 3.66. The number of piperidine rings is 1. The molecule has 0 aliphatic carbocycles. The smallest absolute Gasteiger partial charge is 0.474 e. The normalized spacial score (nSPS) is 15.4. The first kappa shape index (κ1) is 17.3. The maximum Gasteiger partial charge on any atom is 0.474 e. The fourth-order valence-electron chi connectivity index (χ4n) is 2.10. The molecule has 0 bridgehead atoms. The molecule has 0 radical (unpaired) electrons. The molecule has 1 aromatic rings. The summed E-state index contributed by atoms with van der Waals surface area (Å²) in [7, 11) is -4.68. The summed E-state index contributed by atoms with van der Waals surface area (Å²) < 4.78 is 35.4. The van der Waals surface area contributed by atoms with Crippen molar-refractivity contribution in [2.75, 3.05) is 23.7 Å². The minimum absolute atomic E-state index is 0. The van der Waals surface area contributed by atoms with Gasteiger partial charge in [-0.2, -0.15) is 8.42 Å². The number of rotatable bonds is 4. The van der Waals surface area contributed by atoms with Gasteiger partial charge in [-0.3, -0.25) is 4.55 Å². The van der Waals surface area contributed by atoms with Gasteiger partial charge in [0.25, 0.3) is 5.82 Å². The first-order valence-electron chi connectivity index (χ1n) is 6.41. The minimum atomic E-state index is -4.68. The first-order valence-corrected chi connectivity index (χ1v) is 7.78. The van der Waals surface area contributed by atoms with Gasteiger partial charge in [-0.1, -0.05) is 16.9 Å². The van der Waals surface area contributed by atoms with Gasteiger partial charge in [0, 0.05) is 19.5 Å². The zero-order chi connectivity index (χ0) is 14.8. The molecule has 0 aromatic carbocycles. The molecule has 2 heterocycles. The number of nitrogens with two attached hydrogens (primary N) is 1. The third kappa shape index (κ3) is 4.37. The molecule has 1 saturated heterocycles. The molecular formula is C10H19N5O5S. The van der Waals surface area contributed by atoms with Crippen LogP contribution >= 0.6 is 0 Å². The van der Waals surface area contributed by atoms with E-state index in [0.717, 1.165) is 30.7 Å². The van der Waals surface area contributed by atoms with E-state index in [1.807, 2.05) is 4.90 Å². The predicted molar refractivity (Wildman–Crippen MR) is 72.1 cm³/mol. The molecular weight excluding hydrogens is 302 g/mol. The van der Waals surface area contributed by atoms with Gasteiger partial charge in [-0.25, -0.2) is 4.28 Å². The van der Waals surface area contributed by atoms with E-state index in [4.69, 9.17) is 10.3 Å². The lowest BCUT2D eigenvalue weighted by atomic mass is 10.1. The van der Waals surface area contributed by atoms with Crippen molar-refractivity contribution < 1.29 is 27.5 Å². The van der Waals surface area contributed by atoms with Crippen molar-refractivity contribution in [1.82, 2.24) is 9.97 Å². The van der Waals surface area contributed by atoms with Gasteiger partial charge < -0.3 is 16.1 Å². The van der Waals surface area contributed by atoms with Crippen molar-refractivity contribution in [3.05, 3.63) is 5.82 Å². The maximum absolute atomic E-state index is 10.8. The van der Waals surface area contributed by atoms with Crippen molar-refractivity contribution in [2.45, 2.75) is 32.6 Å². The molecule has 0 atom stereocenters. The van der Waals surface area contributed by atoms with E-state index in [0.29, 0.717) is 12.4 Å². The Balaban J connectivity index is 0.00000220. The molecule has 0 saturated carbocycles. The van der Waals surface area contributed by atoms with Crippen LogP contribution in [-0.4, -0.2) is 41.5 Å². The van der Waals surface area contributed by atoms with E-state index in [-0.39, 0.29) is 17.2 Å². The highest BCUT2D eigenvalue weighted by molar-refractivity contribution is 7.80. The summed E-state index contributed by atoms with van der Waals surface area (Å²) in [5, 5.41) is 0. The highest BCUT2D eigenvalue weighted by atomic mass is 32.3. The topological polar surface area (TPSA) is 153 Å². The highest BCUT2D eigenvalue weighted by Crippen LogP contribution is 2.15. The summed E-state index contributed by atoms with van der Waals surface area (Å²) in [6.45, 7) is 3.45. The Morgan fingerprint density at radius 1 is 1.33 bits per heavy atom. The number of anilines is 2. The van der Waals surface area contributed by atoms with Gasteiger partial charge in [-0.05, 0) is 24.0 Å². The van der Waals surface area contributed by atoms with Crippen molar-refractivity contribution >= 4 is 22.3 Å². The lowest BCUT2D eigenvalue weighted by Gasteiger charge is -2.24. The van der Waals surface area contributed by atoms with E-state index < -0.39 is 10.4 Å². The summed E-state index contributed by atoms with van der Waals surface area (Å²) in [4.78, 5) is 10.3. The second-order valence-corrected chi connectivity index (χ2v) is 5.50. The summed E-state index contributed by atoms with van der Waals surface area (Å²) in [5.74, 6) is 0.556. The molecule has 10 nitrogen and oxygen atoms in total.